The molecule has 7 nitrogen and oxygen atoms in total. The smallest absolute Gasteiger partial charge is 0.242 e. The second-order valence-electron chi connectivity index (χ2n) is 7.05. The van der Waals surface area contributed by atoms with E-state index in [-0.39, 0.29) is 5.91 Å². The van der Waals surface area contributed by atoms with E-state index in [1.165, 1.54) is 0 Å². The summed E-state index contributed by atoms with van der Waals surface area (Å²) in [5.41, 5.74) is 3.74. The van der Waals surface area contributed by atoms with Gasteiger partial charge in [0.15, 0.2) is 0 Å². The number of para-hydroxylation sites is 1. The zero-order chi connectivity index (χ0) is 19.8. The fraction of sp³-hybridized carbons (Fsp3) is 0.350. The van der Waals surface area contributed by atoms with Gasteiger partial charge in [-0.1, -0.05) is 29.8 Å². The molecule has 3 aromatic rings. The van der Waals surface area contributed by atoms with Crippen LogP contribution in [0.25, 0.3) is 5.69 Å². The van der Waals surface area contributed by atoms with Crippen LogP contribution >= 0.6 is 11.6 Å². The van der Waals surface area contributed by atoms with E-state index in [2.05, 4.69) is 15.2 Å². The van der Waals surface area contributed by atoms with Crippen molar-refractivity contribution in [2.45, 2.75) is 26.4 Å². The molecule has 1 N–H and O–H groups in total. The van der Waals surface area contributed by atoms with Crippen LogP contribution in [0.1, 0.15) is 28.8 Å². The minimum atomic E-state index is -0.415. The van der Waals surface area contributed by atoms with Crippen LogP contribution in [0.3, 0.4) is 0 Å². The van der Waals surface area contributed by atoms with E-state index in [0.717, 1.165) is 35.0 Å². The topological polar surface area (TPSA) is 68.0 Å². The van der Waals surface area contributed by atoms with Crippen molar-refractivity contribution < 1.29 is 4.79 Å². The van der Waals surface area contributed by atoms with Gasteiger partial charge in [-0.05, 0) is 26.0 Å². The van der Waals surface area contributed by atoms with Crippen molar-refractivity contribution in [2.24, 2.45) is 7.05 Å². The third-order valence-electron chi connectivity index (χ3n) is 5.31. The van der Waals surface area contributed by atoms with Crippen LogP contribution in [0.5, 0.6) is 0 Å². The van der Waals surface area contributed by atoms with Crippen LogP contribution in [-0.4, -0.2) is 43.2 Å². The summed E-state index contributed by atoms with van der Waals surface area (Å²) >= 11 is 6.14. The summed E-state index contributed by atoms with van der Waals surface area (Å²) in [4.78, 5) is 19.4. The molecule has 0 aliphatic carbocycles. The standard InChI is InChI=1S/C20H23ClN6O/c1-13-18(14(2)27(24-13)15-7-5-4-6-8-15)19-20(28)22-9-10-26(19)12-17-23-11-16(21)25(17)3/h4-8,11,19H,9-10,12H2,1-3H3,(H,22,28). The molecule has 2 aromatic heterocycles. The van der Waals surface area contributed by atoms with Gasteiger partial charge in [-0.15, -0.1) is 0 Å². The van der Waals surface area contributed by atoms with Crippen LogP contribution in [0.2, 0.25) is 5.15 Å². The molecule has 1 aromatic carbocycles. The van der Waals surface area contributed by atoms with Gasteiger partial charge in [-0.25, -0.2) is 9.67 Å². The first kappa shape index (κ1) is 18.7. The Bertz CT molecular complexity index is 1010. The normalized spacial score (nSPS) is 17.7. The van der Waals surface area contributed by atoms with Crippen LogP contribution in [0.4, 0.5) is 0 Å². The molecule has 0 saturated carbocycles. The summed E-state index contributed by atoms with van der Waals surface area (Å²) in [6, 6.07) is 9.55. The van der Waals surface area contributed by atoms with Crippen LogP contribution in [-0.2, 0) is 18.4 Å². The van der Waals surface area contributed by atoms with E-state index in [4.69, 9.17) is 16.7 Å². The largest absolute Gasteiger partial charge is 0.353 e. The maximum Gasteiger partial charge on any atom is 0.242 e. The molecule has 8 heteroatoms. The number of imidazole rings is 1. The lowest BCUT2D eigenvalue weighted by Crippen LogP contribution is -2.50. The molecular formula is C20H23ClN6O. The molecule has 1 amide bonds. The number of nitrogens with one attached hydrogen (secondary N) is 1. The molecule has 0 radical (unpaired) electrons. The lowest BCUT2D eigenvalue weighted by atomic mass is 10.00. The maximum atomic E-state index is 12.9. The van der Waals surface area contributed by atoms with E-state index in [0.29, 0.717) is 18.2 Å². The molecular weight excluding hydrogens is 376 g/mol. The number of aryl methyl sites for hydroxylation is 1. The first-order valence-corrected chi connectivity index (χ1v) is 9.64. The Balaban J connectivity index is 1.73. The van der Waals surface area contributed by atoms with Gasteiger partial charge in [0.25, 0.3) is 0 Å². The summed E-state index contributed by atoms with van der Waals surface area (Å²) in [5, 5.41) is 8.30. The Morgan fingerprint density at radius 2 is 2.00 bits per heavy atom. The van der Waals surface area contributed by atoms with Gasteiger partial charge in [-0.3, -0.25) is 9.69 Å². The highest BCUT2D eigenvalue weighted by Crippen LogP contribution is 2.31. The van der Waals surface area contributed by atoms with Gasteiger partial charge >= 0.3 is 0 Å². The molecule has 1 unspecified atom stereocenters. The highest BCUT2D eigenvalue weighted by atomic mass is 35.5. The Morgan fingerprint density at radius 3 is 2.68 bits per heavy atom. The van der Waals surface area contributed by atoms with E-state index >= 15 is 0 Å². The molecule has 3 heterocycles. The number of benzene rings is 1. The van der Waals surface area contributed by atoms with Crippen LogP contribution in [0.15, 0.2) is 36.5 Å². The zero-order valence-electron chi connectivity index (χ0n) is 16.2. The van der Waals surface area contributed by atoms with Crippen LogP contribution < -0.4 is 5.32 Å². The van der Waals surface area contributed by atoms with Gasteiger partial charge in [0, 0.05) is 31.4 Å². The van der Waals surface area contributed by atoms with Crippen LogP contribution in [0, 0.1) is 13.8 Å². The minimum absolute atomic E-state index is 0.00892. The molecule has 1 fully saturated rings. The number of halogens is 1. The second-order valence-corrected chi connectivity index (χ2v) is 7.44. The van der Waals surface area contributed by atoms with Gasteiger partial charge in [0.2, 0.25) is 5.91 Å². The third kappa shape index (κ3) is 3.21. The summed E-state index contributed by atoms with van der Waals surface area (Å²) in [7, 11) is 1.88. The number of piperazine rings is 1. The number of amides is 1. The Labute approximate surface area is 168 Å². The minimum Gasteiger partial charge on any atom is -0.353 e. The number of carbonyl (C=O) groups is 1. The van der Waals surface area contributed by atoms with Crippen molar-refractivity contribution >= 4 is 17.5 Å². The summed E-state index contributed by atoms with van der Waals surface area (Å²) < 4.78 is 3.75. The molecule has 0 spiro atoms. The van der Waals surface area contributed by atoms with E-state index in [1.54, 1.807) is 6.20 Å². The zero-order valence-corrected chi connectivity index (χ0v) is 16.9. The Hall–Kier alpha value is -2.64. The summed E-state index contributed by atoms with van der Waals surface area (Å²) in [6.07, 6.45) is 1.64. The predicted molar refractivity (Wildman–Crippen MR) is 107 cm³/mol. The third-order valence-corrected chi connectivity index (χ3v) is 5.66. The Kier molecular flexibility index (Phi) is 4.95. The van der Waals surface area contributed by atoms with Crippen molar-refractivity contribution in [3.05, 3.63) is 64.5 Å². The maximum absolute atomic E-state index is 12.9. The van der Waals surface area contributed by atoms with Crippen molar-refractivity contribution in [1.82, 2.24) is 29.5 Å². The molecule has 146 valence electrons. The number of hydrogen-bond acceptors (Lipinski definition) is 4. The number of nitrogens with zero attached hydrogens (tertiary/aromatic N) is 5. The average molecular weight is 399 g/mol. The lowest BCUT2D eigenvalue weighted by molar-refractivity contribution is -0.129. The van der Waals surface area contributed by atoms with E-state index < -0.39 is 6.04 Å². The fourth-order valence-electron chi connectivity index (χ4n) is 3.82. The average Bonchev–Trinajstić information content (AvgIpc) is 3.16. The van der Waals surface area contributed by atoms with Gasteiger partial charge in [-0.2, -0.15) is 5.10 Å². The van der Waals surface area contributed by atoms with Gasteiger partial charge in [0.1, 0.15) is 17.0 Å². The van der Waals surface area contributed by atoms with E-state index in [9.17, 15) is 4.79 Å². The second kappa shape index (κ2) is 7.41. The molecule has 1 saturated heterocycles. The predicted octanol–water partition coefficient (Wildman–Crippen LogP) is 2.55. The SMILES string of the molecule is Cc1nn(-c2ccccc2)c(C)c1C1C(=O)NCCN1Cc1ncc(Cl)n1C. The molecule has 1 atom stereocenters. The fourth-order valence-corrected chi connectivity index (χ4v) is 3.97. The molecule has 4 rings (SSSR count). The summed E-state index contributed by atoms with van der Waals surface area (Å²) in [5.74, 6) is 0.820. The number of hydrogen-bond donors (Lipinski definition) is 1. The molecule has 0 bridgehead atoms. The molecule has 1 aliphatic heterocycles. The summed E-state index contributed by atoms with van der Waals surface area (Å²) in [6.45, 7) is 5.85. The van der Waals surface area contributed by atoms with Crippen molar-refractivity contribution in [3.8, 4) is 5.69 Å². The number of aromatic nitrogens is 4. The highest BCUT2D eigenvalue weighted by Gasteiger charge is 2.36. The number of carbonyl (C=O) groups excluding carboxylic acids is 1. The van der Waals surface area contributed by atoms with Crippen molar-refractivity contribution in [3.63, 3.8) is 0 Å². The van der Waals surface area contributed by atoms with Gasteiger partial charge < -0.3 is 9.88 Å². The Morgan fingerprint density at radius 1 is 1.25 bits per heavy atom. The van der Waals surface area contributed by atoms with Gasteiger partial charge in [0.05, 0.1) is 24.1 Å². The first-order chi connectivity index (χ1) is 13.5. The quantitative estimate of drug-likeness (QED) is 0.733. The number of rotatable bonds is 4. The monoisotopic (exact) mass is 398 g/mol. The van der Waals surface area contributed by atoms with Crippen molar-refractivity contribution in [2.75, 3.05) is 13.1 Å². The lowest BCUT2D eigenvalue weighted by Gasteiger charge is -2.35. The highest BCUT2D eigenvalue weighted by molar-refractivity contribution is 6.29. The first-order valence-electron chi connectivity index (χ1n) is 9.26. The van der Waals surface area contributed by atoms with E-state index in [1.807, 2.05) is 60.5 Å². The molecule has 1 aliphatic rings. The van der Waals surface area contributed by atoms with Crippen molar-refractivity contribution in [1.29, 1.82) is 0 Å². The molecule has 28 heavy (non-hydrogen) atoms.